The molecule has 1 heterocycles. The Hall–Kier alpha value is -1.81. The Kier molecular flexibility index (Phi) is 3.26. The van der Waals surface area contributed by atoms with Crippen LogP contribution < -0.4 is 0 Å². The summed E-state index contributed by atoms with van der Waals surface area (Å²) in [6.45, 7) is 2.00. The summed E-state index contributed by atoms with van der Waals surface area (Å²) < 4.78 is 1.92. The second-order valence-electron chi connectivity index (χ2n) is 5.24. The molecule has 1 atom stereocenters. The average Bonchev–Trinajstić information content (AvgIpc) is 2.81. The predicted molar refractivity (Wildman–Crippen MR) is 76.5 cm³/mol. The molecule has 0 spiro atoms. The van der Waals surface area contributed by atoms with Gasteiger partial charge in [0.1, 0.15) is 0 Å². The van der Waals surface area contributed by atoms with Gasteiger partial charge in [-0.25, -0.2) is 4.68 Å². The lowest BCUT2D eigenvalue weighted by Crippen LogP contribution is -2.22. The molecule has 0 fully saturated rings. The summed E-state index contributed by atoms with van der Waals surface area (Å²) in [5.41, 5.74) is 4.22. The number of carboxylic acids is 1. The van der Waals surface area contributed by atoms with E-state index in [9.17, 15) is 4.79 Å². The lowest BCUT2D eigenvalue weighted by molar-refractivity contribution is -0.142. The molecule has 0 saturated heterocycles. The molecule has 1 aromatic heterocycles. The molecule has 1 unspecified atom stereocenters. The monoisotopic (exact) mass is 290 g/mol. The van der Waals surface area contributed by atoms with Crippen LogP contribution in [-0.2, 0) is 17.6 Å². The van der Waals surface area contributed by atoms with Gasteiger partial charge in [0.2, 0.25) is 0 Å². The summed E-state index contributed by atoms with van der Waals surface area (Å²) in [5.74, 6) is -1.00. The molecule has 2 aromatic rings. The van der Waals surface area contributed by atoms with Crippen LogP contribution >= 0.6 is 11.6 Å². The van der Waals surface area contributed by atoms with Crippen molar-refractivity contribution < 1.29 is 9.90 Å². The minimum absolute atomic E-state index is 0.286. The highest BCUT2D eigenvalue weighted by atomic mass is 35.5. The minimum atomic E-state index is -0.717. The fourth-order valence-corrected chi connectivity index (χ4v) is 3.02. The van der Waals surface area contributed by atoms with E-state index >= 15 is 0 Å². The molecule has 0 amide bonds. The van der Waals surface area contributed by atoms with E-state index in [4.69, 9.17) is 16.7 Å². The molecule has 1 aliphatic carbocycles. The van der Waals surface area contributed by atoms with Crippen molar-refractivity contribution >= 4 is 17.6 Å². The highest BCUT2D eigenvalue weighted by molar-refractivity contribution is 6.30. The SMILES string of the molecule is Cc1cc(Cl)ccc1-n1ncc2c1CCC(C(=O)O)C2. The molecule has 20 heavy (non-hydrogen) atoms. The smallest absolute Gasteiger partial charge is 0.306 e. The molecule has 4 nitrogen and oxygen atoms in total. The van der Waals surface area contributed by atoms with Crippen LogP contribution in [0.1, 0.15) is 23.2 Å². The Morgan fingerprint density at radius 1 is 1.50 bits per heavy atom. The van der Waals surface area contributed by atoms with Crippen LogP contribution in [-0.4, -0.2) is 20.9 Å². The van der Waals surface area contributed by atoms with Gasteiger partial charge in [0, 0.05) is 10.7 Å². The van der Waals surface area contributed by atoms with Crippen molar-refractivity contribution in [2.75, 3.05) is 0 Å². The molecular weight excluding hydrogens is 276 g/mol. The molecule has 0 aliphatic heterocycles. The van der Waals surface area contributed by atoms with E-state index in [1.807, 2.05) is 29.8 Å². The zero-order valence-electron chi connectivity index (χ0n) is 11.1. The van der Waals surface area contributed by atoms with E-state index in [2.05, 4.69) is 5.10 Å². The van der Waals surface area contributed by atoms with Gasteiger partial charge in [-0.05, 0) is 55.5 Å². The highest BCUT2D eigenvalue weighted by Gasteiger charge is 2.27. The summed E-state index contributed by atoms with van der Waals surface area (Å²) in [6, 6.07) is 5.71. The Labute approximate surface area is 122 Å². The van der Waals surface area contributed by atoms with Gasteiger partial charge in [0.15, 0.2) is 0 Å². The number of aliphatic carboxylic acids is 1. The third-order valence-electron chi connectivity index (χ3n) is 3.89. The van der Waals surface area contributed by atoms with Gasteiger partial charge in [-0.1, -0.05) is 11.6 Å². The fraction of sp³-hybridized carbons (Fsp3) is 0.333. The molecule has 0 saturated carbocycles. The lowest BCUT2D eigenvalue weighted by Gasteiger charge is -2.20. The number of hydrogen-bond acceptors (Lipinski definition) is 2. The van der Waals surface area contributed by atoms with Crippen molar-refractivity contribution in [2.24, 2.45) is 5.92 Å². The molecule has 1 aliphatic rings. The third kappa shape index (κ3) is 2.20. The van der Waals surface area contributed by atoms with Crippen LogP contribution in [0.5, 0.6) is 0 Å². The first-order chi connectivity index (χ1) is 9.56. The van der Waals surface area contributed by atoms with E-state index in [-0.39, 0.29) is 5.92 Å². The first kappa shape index (κ1) is 13.2. The van der Waals surface area contributed by atoms with Crippen molar-refractivity contribution in [2.45, 2.75) is 26.2 Å². The molecule has 0 bridgehead atoms. The molecule has 104 valence electrons. The van der Waals surface area contributed by atoms with Crippen molar-refractivity contribution in [1.29, 1.82) is 0 Å². The van der Waals surface area contributed by atoms with Gasteiger partial charge in [0.25, 0.3) is 0 Å². The van der Waals surface area contributed by atoms with Crippen LogP contribution in [0.4, 0.5) is 0 Å². The summed E-state index contributed by atoms with van der Waals surface area (Å²) in [4.78, 5) is 11.1. The molecule has 1 N–H and O–H groups in total. The number of hydrogen-bond donors (Lipinski definition) is 1. The van der Waals surface area contributed by atoms with Crippen LogP contribution in [0, 0.1) is 12.8 Å². The van der Waals surface area contributed by atoms with Crippen molar-refractivity contribution in [3.63, 3.8) is 0 Å². The van der Waals surface area contributed by atoms with E-state index in [1.165, 1.54) is 0 Å². The van der Waals surface area contributed by atoms with Gasteiger partial charge < -0.3 is 5.11 Å². The Morgan fingerprint density at radius 2 is 2.30 bits per heavy atom. The number of aromatic nitrogens is 2. The maximum Gasteiger partial charge on any atom is 0.306 e. The summed E-state index contributed by atoms with van der Waals surface area (Å²) >= 11 is 5.98. The van der Waals surface area contributed by atoms with Gasteiger partial charge >= 0.3 is 5.97 Å². The van der Waals surface area contributed by atoms with E-state index in [0.29, 0.717) is 17.9 Å². The minimum Gasteiger partial charge on any atom is -0.481 e. The number of aryl methyl sites for hydroxylation is 1. The van der Waals surface area contributed by atoms with Crippen molar-refractivity contribution in [1.82, 2.24) is 9.78 Å². The normalized spacial score (nSPS) is 17.8. The van der Waals surface area contributed by atoms with Gasteiger partial charge in [0.05, 0.1) is 17.8 Å². The molecule has 5 heteroatoms. The van der Waals surface area contributed by atoms with Crippen LogP contribution in [0.25, 0.3) is 5.69 Å². The zero-order chi connectivity index (χ0) is 14.3. The van der Waals surface area contributed by atoms with Gasteiger partial charge in [-0.15, -0.1) is 0 Å². The Balaban J connectivity index is 2.00. The second kappa shape index (κ2) is 4.94. The van der Waals surface area contributed by atoms with E-state index in [0.717, 1.165) is 28.9 Å². The fourth-order valence-electron chi connectivity index (χ4n) is 2.80. The molecule has 0 radical (unpaired) electrons. The first-order valence-corrected chi connectivity index (χ1v) is 6.99. The summed E-state index contributed by atoms with van der Waals surface area (Å²) in [7, 11) is 0. The number of halogens is 1. The molecule has 3 rings (SSSR count). The maximum atomic E-state index is 11.1. The van der Waals surface area contributed by atoms with E-state index < -0.39 is 5.97 Å². The number of carboxylic acid groups (broad SMARTS) is 1. The topological polar surface area (TPSA) is 55.1 Å². The Morgan fingerprint density at radius 3 is 3.00 bits per heavy atom. The van der Waals surface area contributed by atoms with Crippen molar-refractivity contribution in [3.8, 4) is 5.69 Å². The largest absolute Gasteiger partial charge is 0.481 e. The molecular formula is C15H15ClN2O2. The number of rotatable bonds is 2. The predicted octanol–water partition coefficient (Wildman–Crippen LogP) is 3.02. The standard InChI is InChI=1S/C15H15ClN2O2/c1-9-6-12(16)3-5-13(9)18-14-4-2-10(15(19)20)7-11(14)8-17-18/h3,5-6,8,10H,2,4,7H2,1H3,(H,19,20). The highest BCUT2D eigenvalue weighted by Crippen LogP contribution is 2.29. The lowest BCUT2D eigenvalue weighted by atomic mass is 9.88. The average molecular weight is 291 g/mol. The maximum absolute atomic E-state index is 11.1. The van der Waals surface area contributed by atoms with Gasteiger partial charge in [-0.3, -0.25) is 4.79 Å². The quantitative estimate of drug-likeness (QED) is 0.925. The summed E-state index contributed by atoms with van der Waals surface area (Å²) in [5, 5.41) is 14.3. The first-order valence-electron chi connectivity index (χ1n) is 6.61. The number of carbonyl (C=O) groups is 1. The van der Waals surface area contributed by atoms with Crippen LogP contribution in [0.3, 0.4) is 0 Å². The second-order valence-corrected chi connectivity index (χ2v) is 5.67. The van der Waals surface area contributed by atoms with Crippen molar-refractivity contribution in [3.05, 3.63) is 46.2 Å². The summed E-state index contributed by atoms with van der Waals surface area (Å²) in [6.07, 6.45) is 3.77. The Bertz CT molecular complexity index is 679. The number of benzene rings is 1. The van der Waals surface area contributed by atoms with Crippen LogP contribution in [0.2, 0.25) is 5.02 Å². The number of fused-ring (bicyclic) bond motifs is 1. The van der Waals surface area contributed by atoms with E-state index in [1.54, 1.807) is 6.20 Å². The van der Waals surface area contributed by atoms with Crippen LogP contribution in [0.15, 0.2) is 24.4 Å². The number of nitrogens with zero attached hydrogens (tertiary/aromatic N) is 2. The third-order valence-corrected chi connectivity index (χ3v) is 4.12. The zero-order valence-corrected chi connectivity index (χ0v) is 11.9. The van der Waals surface area contributed by atoms with Gasteiger partial charge in [-0.2, -0.15) is 5.10 Å². The molecule has 1 aromatic carbocycles.